The zero-order chi connectivity index (χ0) is 9.97. The van der Waals surface area contributed by atoms with Crippen LogP contribution in [0.25, 0.3) is 0 Å². The van der Waals surface area contributed by atoms with Crippen molar-refractivity contribution < 1.29 is 4.74 Å². The minimum atomic E-state index is 0.0786. The lowest BCUT2D eigenvalue weighted by atomic mass is 10.0. The van der Waals surface area contributed by atoms with Crippen LogP contribution in [0.4, 0.5) is 0 Å². The van der Waals surface area contributed by atoms with Crippen molar-refractivity contribution in [1.29, 1.82) is 0 Å². The van der Waals surface area contributed by atoms with Gasteiger partial charge in [-0.2, -0.15) is 0 Å². The quantitative estimate of drug-likeness (QED) is 0.731. The van der Waals surface area contributed by atoms with E-state index in [1.54, 1.807) is 7.05 Å². The Labute approximate surface area is 83.8 Å². The molecular weight excluding hydrogens is 176 g/mol. The van der Waals surface area contributed by atoms with Crippen LogP contribution in [0.15, 0.2) is 35.3 Å². The van der Waals surface area contributed by atoms with Gasteiger partial charge >= 0.3 is 0 Å². The van der Waals surface area contributed by atoms with Crippen LogP contribution in [0, 0.1) is 0 Å². The summed E-state index contributed by atoms with van der Waals surface area (Å²) < 4.78 is 5.65. The molecule has 2 atom stereocenters. The first-order valence-electron chi connectivity index (χ1n) is 4.76. The molecule has 1 aromatic carbocycles. The number of ether oxygens (including phenoxy) is 1. The summed E-state index contributed by atoms with van der Waals surface area (Å²) in [5.74, 6) is 0. The lowest BCUT2D eigenvalue weighted by Crippen LogP contribution is -2.24. The Kier molecular flexibility index (Phi) is 2.39. The third kappa shape index (κ3) is 1.58. The number of hydrogen-bond donors (Lipinski definition) is 1. The van der Waals surface area contributed by atoms with E-state index in [9.17, 15) is 0 Å². The molecule has 1 heterocycles. The van der Waals surface area contributed by atoms with Gasteiger partial charge in [0, 0.05) is 7.05 Å². The average Bonchev–Trinajstić information content (AvgIpc) is 2.61. The lowest BCUT2D eigenvalue weighted by Gasteiger charge is -2.12. The third-order valence-electron chi connectivity index (χ3n) is 2.38. The fraction of sp³-hybridized carbons (Fsp3) is 0.364. The number of nitrogens with one attached hydrogen (secondary N) is 1. The monoisotopic (exact) mass is 190 g/mol. The summed E-state index contributed by atoms with van der Waals surface area (Å²) in [6.07, 6.45) is 0.0786. The largest absolute Gasteiger partial charge is 0.455 e. The van der Waals surface area contributed by atoms with Gasteiger partial charge in [0.25, 0.3) is 6.02 Å². The van der Waals surface area contributed by atoms with Crippen LogP contribution >= 0.6 is 0 Å². The molecule has 1 aromatic rings. The maximum atomic E-state index is 5.65. The number of nitrogens with zero attached hydrogens (tertiary/aromatic N) is 1. The molecule has 0 saturated carbocycles. The van der Waals surface area contributed by atoms with E-state index in [-0.39, 0.29) is 12.1 Å². The van der Waals surface area contributed by atoms with Gasteiger partial charge in [-0.05, 0) is 12.5 Å². The third-order valence-corrected chi connectivity index (χ3v) is 2.38. The fourth-order valence-electron chi connectivity index (χ4n) is 1.64. The molecule has 3 heteroatoms. The Morgan fingerprint density at radius 3 is 2.57 bits per heavy atom. The zero-order valence-corrected chi connectivity index (χ0v) is 8.40. The number of hydrogen-bond acceptors (Lipinski definition) is 2. The summed E-state index contributed by atoms with van der Waals surface area (Å²) in [5, 5.41) is 3.18. The molecule has 14 heavy (non-hydrogen) atoms. The van der Waals surface area contributed by atoms with Gasteiger partial charge in [0.2, 0.25) is 0 Å². The molecule has 1 fully saturated rings. The molecule has 1 saturated heterocycles. The van der Waals surface area contributed by atoms with E-state index >= 15 is 0 Å². The maximum absolute atomic E-state index is 5.65. The molecule has 1 aliphatic heterocycles. The Balaban J connectivity index is 2.21. The average molecular weight is 190 g/mol. The first-order chi connectivity index (χ1) is 6.81. The van der Waals surface area contributed by atoms with Crippen LogP contribution in [0.3, 0.4) is 0 Å². The smallest absolute Gasteiger partial charge is 0.285 e. The highest BCUT2D eigenvalue weighted by Crippen LogP contribution is 2.25. The van der Waals surface area contributed by atoms with Gasteiger partial charge in [0.15, 0.2) is 0 Å². The fourth-order valence-corrected chi connectivity index (χ4v) is 1.64. The molecule has 0 bridgehead atoms. The summed E-state index contributed by atoms with van der Waals surface area (Å²) in [4.78, 5) is 4.00. The molecule has 1 N–H and O–H groups in total. The highest BCUT2D eigenvalue weighted by Gasteiger charge is 2.29. The summed E-state index contributed by atoms with van der Waals surface area (Å²) >= 11 is 0. The van der Waals surface area contributed by atoms with E-state index in [1.165, 1.54) is 5.56 Å². The minimum Gasteiger partial charge on any atom is -0.455 e. The van der Waals surface area contributed by atoms with Gasteiger partial charge in [0.05, 0.1) is 6.04 Å². The Morgan fingerprint density at radius 2 is 2.00 bits per heavy atom. The molecule has 1 aliphatic rings. The normalized spacial score (nSPS) is 28.6. The van der Waals surface area contributed by atoms with Crippen LogP contribution in [-0.2, 0) is 4.74 Å². The molecule has 3 nitrogen and oxygen atoms in total. The number of aliphatic imine (C=N–C) groups is 1. The molecule has 0 aromatic heterocycles. The van der Waals surface area contributed by atoms with Crippen LogP contribution < -0.4 is 5.32 Å². The van der Waals surface area contributed by atoms with E-state index in [0.29, 0.717) is 6.02 Å². The van der Waals surface area contributed by atoms with E-state index in [1.807, 2.05) is 18.2 Å². The van der Waals surface area contributed by atoms with Gasteiger partial charge in [0.1, 0.15) is 6.10 Å². The summed E-state index contributed by atoms with van der Waals surface area (Å²) in [6, 6.07) is 11.1. The topological polar surface area (TPSA) is 33.6 Å². The maximum Gasteiger partial charge on any atom is 0.285 e. The van der Waals surface area contributed by atoms with Crippen LogP contribution in [0.1, 0.15) is 18.6 Å². The SMILES string of the molecule is CN=C1NC(C)C(c2ccccc2)O1. The van der Waals surface area contributed by atoms with Gasteiger partial charge in [-0.3, -0.25) is 0 Å². The number of rotatable bonds is 1. The van der Waals surface area contributed by atoms with Gasteiger partial charge in [-0.25, -0.2) is 4.99 Å². The van der Waals surface area contributed by atoms with E-state index in [0.717, 1.165) is 0 Å². The summed E-state index contributed by atoms with van der Waals surface area (Å²) in [5.41, 5.74) is 1.19. The number of benzene rings is 1. The van der Waals surface area contributed by atoms with Gasteiger partial charge in [-0.1, -0.05) is 30.3 Å². The first kappa shape index (κ1) is 9.06. The van der Waals surface area contributed by atoms with Crippen molar-refractivity contribution >= 4 is 6.02 Å². The number of amidine groups is 1. The highest BCUT2D eigenvalue weighted by molar-refractivity contribution is 5.76. The van der Waals surface area contributed by atoms with Gasteiger partial charge in [-0.15, -0.1) is 0 Å². The molecular formula is C11H14N2O. The summed E-state index contributed by atoms with van der Waals surface area (Å²) in [7, 11) is 1.72. The van der Waals surface area contributed by atoms with Crippen molar-refractivity contribution in [2.75, 3.05) is 7.05 Å². The first-order valence-corrected chi connectivity index (χ1v) is 4.76. The molecule has 0 spiro atoms. The van der Waals surface area contributed by atoms with Crippen molar-refractivity contribution in [2.45, 2.75) is 19.1 Å². The van der Waals surface area contributed by atoms with Crippen molar-refractivity contribution in [1.82, 2.24) is 5.32 Å². The predicted octanol–water partition coefficient (Wildman–Crippen LogP) is 1.72. The molecule has 74 valence electrons. The van der Waals surface area contributed by atoms with E-state index < -0.39 is 0 Å². The second-order valence-corrected chi connectivity index (χ2v) is 3.41. The molecule has 0 radical (unpaired) electrons. The highest BCUT2D eigenvalue weighted by atomic mass is 16.5. The summed E-state index contributed by atoms with van der Waals surface area (Å²) in [6.45, 7) is 2.09. The lowest BCUT2D eigenvalue weighted by molar-refractivity contribution is 0.209. The Bertz CT molecular complexity index is 334. The van der Waals surface area contributed by atoms with Crippen molar-refractivity contribution in [2.24, 2.45) is 4.99 Å². The zero-order valence-electron chi connectivity index (χ0n) is 8.40. The second-order valence-electron chi connectivity index (χ2n) is 3.41. The Hall–Kier alpha value is -1.51. The van der Waals surface area contributed by atoms with E-state index in [2.05, 4.69) is 29.4 Å². The van der Waals surface area contributed by atoms with Crippen molar-refractivity contribution in [3.05, 3.63) is 35.9 Å². The Morgan fingerprint density at radius 1 is 1.29 bits per heavy atom. The molecule has 2 rings (SSSR count). The molecule has 2 unspecified atom stereocenters. The standard InChI is InChI=1S/C11H14N2O/c1-8-10(14-11(12-2)13-8)9-6-4-3-5-7-9/h3-8,10H,1-2H3,(H,12,13). The van der Waals surface area contributed by atoms with Crippen molar-refractivity contribution in [3.63, 3.8) is 0 Å². The molecule has 0 aliphatic carbocycles. The predicted molar refractivity (Wildman–Crippen MR) is 56.2 cm³/mol. The van der Waals surface area contributed by atoms with Crippen LogP contribution in [0.2, 0.25) is 0 Å². The van der Waals surface area contributed by atoms with Crippen LogP contribution in [-0.4, -0.2) is 19.1 Å². The second kappa shape index (κ2) is 3.70. The minimum absolute atomic E-state index is 0.0786. The van der Waals surface area contributed by atoms with Crippen molar-refractivity contribution in [3.8, 4) is 0 Å². The van der Waals surface area contributed by atoms with Gasteiger partial charge < -0.3 is 10.1 Å². The van der Waals surface area contributed by atoms with Crippen LogP contribution in [0.5, 0.6) is 0 Å². The molecule has 0 amide bonds. The van der Waals surface area contributed by atoms with E-state index in [4.69, 9.17) is 4.74 Å².